The van der Waals surface area contributed by atoms with Gasteiger partial charge in [-0.1, -0.05) is 26.2 Å². The van der Waals surface area contributed by atoms with Gasteiger partial charge in [-0.05, 0) is 74.3 Å². The lowest BCUT2D eigenvalue weighted by molar-refractivity contribution is 0.159. The molecule has 24 heavy (non-hydrogen) atoms. The number of rotatable bonds is 3. The second kappa shape index (κ2) is 7.18. The number of fused-ring (bicyclic) bond motifs is 1. The van der Waals surface area contributed by atoms with Crippen molar-refractivity contribution in [2.75, 3.05) is 0 Å². The SMILES string of the molecule is CCC1CCC(C2CCC(c3cc4sc(C#N)cc4s3)CC2)CC1. The second-order valence-electron chi connectivity index (χ2n) is 7.90. The second-order valence-corrected chi connectivity index (χ2v) is 10.1. The smallest absolute Gasteiger partial charge is 0.110 e. The third-order valence-corrected chi connectivity index (χ3v) is 9.01. The summed E-state index contributed by atoms with van der Waals surface area (Å²) in [5.41, 5.74) is 0. The summed E-state index contributed by atoms with van der Waals surface area (Å²) in [7, 11) is 0. The zero-order chi connectivity index (χ0) is 16.5. The van der Waals surface area contributed by atoms with Crippen molar-refractivity contribution in [2.45, 2.75) is 70.6 Å². The molecule has 2 saturated carbocycles. The lowest BCUT2D eigenvalue weighted by atomic mass is 9.69. The average Bonchev–Trinajstić information content (AvgIpc) is 3.20. The molecule has 0 spiro atoms. The number of hydrogen-bond donors (Lipinski definition) is 0. The Balaban J connectivity index is 1.35. The molecule has 2 aromatic rings. The molecular weight excluding hydrogens is 330 g/mol. The third-order valence-electron chi connectivity index (χ3n) is 6.65. The van der Waals surface area contributed by atoms with Gasteiger partial charge in [0.2, 0.25) is 0 Å². The molecule has 0 bridgehead atoms. The van der Waals surface area contributed by atoms with Gasteiger partial charge in [-0.25, -0.2) is 0 Å². The zero-order valence-corrected chi connectivity index (χ0v) is 16.2. The van der Waals surface area contributed by atoms with E-state index in [1.54, 1.807) is 16.2 Å². The van der Waals surface area contributed by atoms with E-state index < -0.39 is 0 Å². The fourth-order valence-corrected chi connectivity index (χ4v) is 7.43. The minimum absolute atomic E-state index is 0.781. The van der Waals surface area contributed by atoms with Crippen molar-refractivity contribution >= 4 is 32.1 Å². The topological polar surface area (TPSA) is 23.8 Å². The molecule has 2 fully saturated rings. The molecule has 0 aromatic carbocycles. The number of thiophene rings is 2. The van der Waals surface area contributed by atoms with Crippen LogP contribution in [-0.2, 0) is 0 Å². The molecule has 2 aromatic heterocycles. The minimum Gasteiger partial charge on any atom is -0.192 e. The predicted molar refractivity (Wildman–Crippen MR) is 105 cm³/mol. The van der Waals surface area contributed by atoms with E-state index in [0.717, 1.165) is 28.5 Å². The van der Waals surface area contributed by atoms with Crippen molar-refractivity contribution in [2.24, 2.45) is 17.8 Å². The van der Waals surface area contributed by atoms with E-state index in [9.17, 15) is 0 Å². The van der Waals surface area contributed by atoms with Crippen LogP contribution in [-0.4, -0.2) is 0 Å². The molecule has 4 rings (SSSR count). The van der Waals surface area contributed by atoms with Gasteiger partial charge < -0.3 is 0 Å². The Hall–Kier alpha value is -0.850. The highest BCUT2D eigenvalue weighted by Gasteiger charge is 2.31. The molecule has 2 heterocycles. The van der Waals surface area contributed by atoms with Crippen LogP contribution in [0.3, 0.4) is 0 Å². The van der Waals surface area contributed by atoms with E-state index in [4.69, 9.17) is 5.26 Å². The van der Waals surface area contributed by atoms with Gasteiger partial charge in [-0.2, -0.15) is 5.26 Å². The largest absolute Gasteiger partial charge is 0.192 e. The molecule has 1 nitrogen and oxygen atoms in total. The first kappa shape index (κ1) is 16.6. The average molecular weight is 358 g/mol. The van der Waals surface area contributed by atoms with Crippen molar-refractivity contribution < 1.29 is 0 Å². The van der Waals surface area contributed by atoms with Crippen LogP contribution in [0.15, 0.2) is 12.1 Å². The maximum atomic E-state index is 9.03. The van der Waals surface area contributed by atoms with Crippen LogP contribution in [0.25, 0.3) is 9.40 Å². The van der Waals surface area contributed by atoms with Gasteiger partial charge in [0.1, 0.15) is 10.9 Å². The van der Waals surface area contributed by atoms with Crippen LogP contribution in [0.1, 0.15) is 80.4 Å². The van der Waals surface area contributed by atoms with Crippen molar-refractivity contribution in [3.8, 4) is 6.07 Å². The van der Waals surface area contributed by atoms with Crippen molar-refractivity contribution in [3.05, 3.63) is 21.9 Å². The molecule has 0 unspecified atom stereocenters. The van der Waals surface area contributed by atoms with E-state index in [-0.39, 0.29) is 0 Å². The normalized spacial score (nSPS) is 31.2. The molecule has 0 saturated heterocycles. The van der Waals surface area contributed by atoms with Crippen molar-refractivity contribution in [3.63, 3.8) is 0 Å². The van der Waals surface area contributed by atoms with Crippen molar-refractivity contribution in [1.82, 2.24) is 0 Å². The number of nitrogens with zero attached hydrogens (tertiary/aromatic N) is 1. The van der Waals surface area contributed by atoms with Crippen LogP contribution in [0, 0.1) is 29.1 Å². The molecule has 0 atom stereocenters. The van der Waals surface area contributed by atoms with Crippen LogP contribution in [0.4, 0.5) is 0 Å². The fraction of sp³-hybridized carbons (Fsp3) is 0.667. The first-order chi connectivity index (χ1) is 11.8. The highest BCUT2D eigenvalue weighted by Crippen LogP contribution is 2.46. The maximum absolute atomic E-state index is 9.03. The molecule has 0 radical (unpaired) electrons. The summed E-state index contributed by atoms with van der Waals surface area (Å²) in [4.78, 5) is 2.43. The van der Waals surface area contributed by atoms with Crippen LogP contribution >= 0.6 is 22.7 Å². The molecule has 0 amide bonds. The van der Waals surface area contributed by atoms with E-state index in [2.05, 4.69) is 25.1 Å². The van der Waals surface area contributed by atoms with Gasteiger partial charge in [0.15, 0.2) is 0 Å². The molecular formula is C21H27NS2. The Morgan fingerprint density at radius 1 is 0.917 bits per heavy atom. The third kappa shape index (κ3) is 3.28. The van der Waals surface area contributed by atoms with Crippen LogP contribution in [0.5, 0.6) is 0 Å². The lowest BCUT2D eigenvalue weighted by Gasteiger charge is -2.37. The van der Waals surface area contributed by atoms with Crippen LogP contribution < -0.4 is 0 Å². The summed E-state index contributed by atoms with van der Waals surface area (Å²) in [5.74, 6) is 3.84. The molecule has 128 valence electrons. The van der Waals surface area contributed by atoms with Crippen molar-refractivity contribution in [1.29, 1.82) is 5.26 Å². The molecule has 2 aliphatic carbocycles. The molecule has 0 aliphatic heterocycles. The lowest BCUT2D eigenvalue weighted by Crippen LogP contribution is -2.25. The first-order valence-corrected chi connectivity index (χ1v) is 11.3. The van der Waals surface area contributed by atoms with Gasteiger partial charge in [0, 0.05) is 14.3 Å². The Kier molecular flexibility index (Phi) is 4.97. The highest BCUT2D eigenvalue weighted by atomic mass is 32.1. The van der Waals surface area contributed by atoms with Gasteiger partial charge in [-0.15, -0.1) is 22.7 Å². The van der Waals surface area contributed by atoms with Crippen LogP contribution in [0.2, 0.25) is 0 Å². The predicted octanol–water partition coefficient (Wildman–Crippen LogP) is 7.32. The van der Waals surface area contributed by atoms with E-state index >= 15 is 0 Å². The van der Waals surface area contributed by atoms with Gasteiger partial charge >= 0.3 is 0 Å². The monoisotopic (exact) mass is 357 g/mol. The minimum atomic E-state index is 0.781. The summed E-state index contributed by atoms with van der Waals surface area (Å²) in [5, 5.41) is 9.03. The molecule has 2 aliphatic rings. The summed E-state index contributed by atoms with van der Waals surface area (Å²) in [6, 6.07) is 6.73. The van der Waals surface area contributed by atoms with Gasteiger partial charge in [0.25, 0.3) is 0 Å². The summed E-state index contributed by atoms with van der Waals surface area (Å²) >= 11 is 3.60. The Morgan fingerprint density at radius 3 is 2.12 bits per heavy atom. The quantitative estimate of drug-likeness (QED) is 0.564. The van der Waals surface area contributed by atoms with Gasteiger partial charge in [-0.3, -0.25) is 0 Å². The first-order valence-electron chi connectivity index (χ1n) is 9.70. The number of nitriles is 1. The summed E-state index contributed by atoms with van der Waals surface area (Å²) in [6.45, 7) is 2.36. The van der Waals surface area contributed by atoms with E-state index in [1.807, 2.05) is 11.3 Å². The van der Waals surface area contributed by atoms with Gasteiger partial charge in [0.05, 0.1) is 0 Å². The Morgan fingerprint density at radius 2 is 1.54 bits per heavy atom. The molecule has 0 N–H and O–H groups in total. The maximum Gasteiger partial charge on any atom is 0.110 e. The summed E-state index contributed by atoms with van der Waals surface area (Å²) in [6.07, 6.45) is 13.0. The standard InChI is InChI=1S/C21H27NS2/c1-2-14-3-5-15(6-4-14)16-7-9-17(10-8-16)19-12-21-20(24-19)11-18(13-22)23-21/h11-12,14-17H,2-10H2,1H3. The number of hydrogen-bond acceptors (Lipinski definition) is 3. The highest BCUT2D eigenvalue weighted by molar-refractivity contribution is 7.28. The zero-order valence-electron chi connectivity index (χ0n) is 14.6. The summed E-state index contributed by atoms with van der Waals surface area (Å²) < 4.78 is 2.65. The van der Waals surface area contributed by atoms with E-state index in [1.165, 1.54) is 67.2 Å². The Labute approximate surface area is 153 Å². The van der Waals surface area contributed by atoms with E-state index in [0.29, 0.717) is 0 Å². The Bertz CT molecular complexity index is 687. The molecule has 3 heteroatoms. The fourth-order valence-electron chi connectivity index (χ4n) is 5.05.